The lowest BCUT2D eigenvalue weighted by Crippen LogP contribution is -2.29. The predicted octanol–water partition coefficient (Wildman–Crippen LogP) is 9.64. The maximum Gasteiger partial charge on any atom is 0.164 e. The molecule has 0 aliphatic heterocycles. The Morgan fingerprint density at radius 2 is 1.02 bits per heavy atom. The van der Waals surface area contributed by atoms with Crippen LogP contribution in [-0.4, -0.2) is 15.0 Å². The van der Waals surface area contributed by atoms with E-state index in [0.717, 1.165) is 40.7 Å². The van der Waals surface area contributed by atoms with Crippen LogP contribution in [0.4, 0.5) is 0 Å². The molecule has 0 bridgehead atoms. The number of fused-ring (bicyclic) bond motifs is 5. The molecule has 8 rings (SSSR count). The topological polar surface area (TPSA) is 62.5 Å². The Bertz CT molecular complexity index is 1980. The van der Waals surface area contributed by atoms with Crippen LogP contribution in [0.1, 0.15) is 48.8 Å². The molecule has 1 heterocycles. The number of nitriles is 1. The van der Waals surface area contributed by atoms with Crippen LogP contribution >= 0.6 is 0 Å². The fourth-order valence-corrected chi connectivity index (χ4v) is 7.40. The van der Waals surface area contributed by atoms with Crippen molar-refractivity contribution in [2.75, 3.05) is 0 Å². The molecular weight excluding hydrogens is 536 g/mol. The summed E-state index contributed by atoms with van der Waals surface area (Å²) in [4.78, 5) is 14.7. The molecule has 1 saturated carbocycles. The maximum absolute atomic E-state index is 10.1. The fraction of sp³-hybridized carbons (Fsp3) is 0.150. The van der Waals surface area contributed by atoms with Gasteiger partial charge in [-0.15, -0.1) is 0 Å². The summed E-state index contributed by atoms with van der Waals surface area (Å²) in [5.74, 6) is 1.96. The van der Waals surface area contributed by atoms with Crippen LogP contribution in [0.5, 0.6) is 0 Å². The lowest BCUT2D eigenvalue weighted by Gasteiger charge is -2.36. The standard InChI is InChI=1S/C40H30N4/c41-26-31-16-10-18-33-35-32(17-11-19-34(35)40(36(31)33)24-8-3-9-25-40)27-20-22-30(23-21-27)39-43-37(28-12-4-1-5-13-28)42-38(44-39)29-14-6-2-7-15-29/h1-2,4-7,10-23H,3,8-9,24-25H2. The summed E-state index contributed by atoms with van der Waals surface area (Å²) < 4.78 is 0. The SMILES string of the molecule is N#Cc1cccc2c1C1(CCCCC1)c1cccc(-c3ccc(-c4nc(-c5ccccc5)nc(-c5ccccc5)n4)cc3)c1-2. The summed E-state index contributed by atoms with van der Waals surface area (Å²) in [6.07, 6.45) is 5.85. The average molecular weight is 567 g/mol. The normalized spacial score (nSPS) is 14.5. The van der Waals surface area contributed by atoms with Gasteiger partial charge in [-0.05, 0) is 52.3 Å². The summed E-state index contributed by atoms with van der Waals surface area (Å²) in [5.41, 5.74) is 11.1. The molecule has 0 atom stereocenters. The number of aromatic nitrogens is 3. The highest BCUT2D eigenvalue weighted by molar-refractivity contribution is 5.94. The van der Waals surface area contributed by atoms with E-state index >= 15 is 0 Å². The first-order valence-electron chi connectivity index (χ1n) is 15.4. The van der Waals surface area contributed by atoms with Crippen LogP contribution in [0, 0.1) is 11.3 Å². The van der Waals surface area contributed by atoms with Crippen LogP contribution in [0.3, 0.4) is 0 Å². The Hall–Kier alpha value is -5.40. The van der Waals surface area contributed by atoms with E-state index < -0.39 is 0 Å². The van der Waals surface area contributed by atoms with E-state index in [2.05, 4.69) is 54.6 Å². The first kappa shape index (κ1) is 26.2. The minimum absolute atomic E-state index is 0.0717. The Morgan fingerprint density at radius 3 is 1.61 bits per heavy atom. The van der Waals surface area contributed by atoms with Crippen LogP contribution < -0.4 is 0 Å². The molecule has 2 aliphatic rings. The Morgan fingerprint density at radius 1 is 0.500 bits per heavy atom. The Labute approximate surface area is 257 Å². The predicted molar refractivity (Wildman–Crippen MR) is 176 cm³/mol. The number of hydrogen-bond acceptors (Lipinski definition) is 4. The zero-order valence-corrected chi connectivity index (χ0v) is 24.4. The van der Waals surface area contributed by atoms with Crippen molar-refractivity contribution in [1.82, 2.24) is 15.0 Å². The monoisotopic (exact) mass is 566 g/mol. The molecule has 210 valence electrons. The van der Waals surface area contributed by atoms with E-state index in [9.17, 15) is 5.26 Å². The second kappa shape index (κ2) is 10.7. The highest BCUT2D eigenvalue weighted by Crippen LogP contribution is 2.58. The van der Waals surface area contributed by atoms with Crippen molar-refractivity contribution >= 4 is 0 Å². The summed E-state index contributed by atoms with van der Waals surface area (Å²) in [6, 6.07) is 44.2. The fourth-order valence-electron chi connectivity index (χ4n) is 7.40. The number of benzene rings is 5. The molecule has 2 aliphatic carbocycles. The van der Waals surface area contributed by atoms with Gasteiger partial charge in [0.25, 0.3) is 0 Å². The van der Waals surface area contributed by atoms with Gasteiger partial charge in [0.05, 0.1) is 11.6 Å². The first-order valence-corrected chi connectivity index (χ1v) is 15.4. The third-order valence-corrected chi connectivity index (χ3v) is 9.37. The molecule has 1 fully saturated rings. The molecule has 1 spiro atoms. The van der Waals surface area contributed by atoms with Crippen LogP contribution in [0.25, 0.3) is 56.4 Å². The molecule has 4 nitrogen and oxygen atoms in total. The quantitative estimate of drug-likeness (QED) is 0.213. The number of nitrogens with zero attached hydrogens (tertiary/aromatic N) is 4. The van der Waals surface area contributed by atoms with E-state index in [-0.39, 0.29) is 5.41 Å². The van der Waals surface area contributed by atoms with Gasteiger partial charge in [0, 0.05) is 22.1 Å². The third-order valence-electron chi connectivity index (χ3n) is 9.37. The van der Waals surface area contributed by atoms with Crippen LogP contribution in [-0.2, 0) is 5.41 Å². The van der Waals surface area contributed by atoms with Gasteiger partial charge in [-0.1, -0.05) is 135 Å². The lowest BCUT2D eigenvalue weighted by atomic mass is 9.66. The van der Waals surface area contributed by atoms with E-state index in [1.54, 1.807) is 0 Å². The molecular formula is C40H30N4. The largest absolute Gasteiger partial charge is 0.208 e. The minimum Gasteiger partial charge on any atom is -0.208 e. The highest BCUT2D eigenvalue weighted by atomic mass is 15.0. The van der Waals surface area contributed by atoms with Gasteiger partial charge in [0.15, 0.2) is 17.5 Å². The number of rotatable bonds is 4. The molecule has 1 aromatic heterocycles. The van der Waals surface area contributed by atoms with Crippen molar-refractivity contribution in [3.8, 4) is 62.5 Å². The molecule has 0 N–H and O–H groups in total. The highest BCUT2D eigenvalue weighted by Gasteiger charge is 2.46. The zero-order chi connectivity index (χ0) is 29.5. The second-order valence-electron chi connectivity index (χ2n) is 11.8. The molecule has 5 aromatic carbocycles. The summed E-state index contributed by atoms with van der Waals surface area (Å²) in [7, 11) is 0. The summed E-state index contributed by atoms with van der Waals surface area (Å²) in [5, 5.41) is 10.1. The van der Waals surface area contributed by atoms with Gasteiger partial charge in [-0.25, -0.2) is 15.0 Å². The molecule has 6 aromatic rings. The maximum atomic E-state index is 10.1. The van der Waals surface area contributed by atoms with E-state index in [0.29, 0.717) is 17.5 Å². The van der Waals surface area contributed by atoms with Crippen molar-refractivity contribution in [2.45, 2.75) is 37.5 Å². The zero-order valence-electron chi connectivity index (χ0n) is 24.4. The first-order chi connectivity index (χ1) is 21.7. The van der Waals surface area contributed by atoms with Gasteiger partial charge in [0.2, 0.25) is 0 Å². The van der Waals surface area contributed by atoms with Crippen LogP contribution in [0.2, 0.25) is 0 Å². The average Bonchev–Trinajstić information content (AvgIpc) is 3.38. The van der Waals surface area contributed by atoms with Gasteiger partial charge < -0.3 is 0 Å². The Balaban J connectivity index is 1.24. The molecule has 0 saturated heterocycles. The molecule has 0 radical (unpaired) electrons. The van der Waals surface area contributed by atoms with Crippen LogP contribution in [0.15, 0.2) is 121 Å². The van der Waals surface area contributed by atoms with Crippen molar-refractivity contribution in [2.24, 2.45) is 0 Å². The van der Waals surface area contributed by atoms with Gasteiger partial charge in [0.1, 0.15) is 0 Å². The number of hydrogen-bond donors (Lipinski definition) is 0. The van der Waals surface area contributed by atoms with E-state index in [4.69, 9.17) is 15.0 Å². The lowest BCUT2D eigenvalue weighted by molar-refractivity contribution is 0.352. The smallest absolute Gasteiger partial charge is 0.164 e. The third kappa shape index (κ3) is 4.24. The summed E-state index contributed by atoms with van der Waals surface area (Å²) >= 11 is 0. The van der Waals surface area contributed by atoms with Crippen molar-refractivity contribution in [3.63, 3.8) is 0 Å². The van der Waals surface area contributed by atoms with E-state index in [1.165, 1.54) is 47.1 Å². The minimum atomic E-state index is -0.0717. The summed E-state index contributed by atoms with van der Waals surface area (Å²) in [6.45, 7) is 0. The van der Waals surface area contributed by atoms with Gasteiger partial charge in [-0.3, -0.25) is 0 Å². The van der Waals surface area contributed by atoms with Crippen molar-refractivity contribution in [3.05, 3.63) is 138 Å². The molecule has 4 heteroatoms. The van der Waals surface area contributed by atoms with Gasteiger partial charge >= 0.3 is 0 Å². The molecule has 0 amide bonds. The van der Waals surface area contributed by atoms with Gasteiger partial charge in [-0.2, -0.15) is 5.26 Å². The van der Waals surface area contributed by atoms with Crippen molar-refractivity contribution < 1.29 is 0 Å². The second-order valence-corrected chi connectivity index (χ2v) is 11.8. The van der Waals surface area contributed by atoms with Crippen molar-refractivity contribution in [1.29, 1.82) is 5.26 Å². The Kier molecular flexibility index (Phi) is 6.38. The molecule has 44 heavy (non-hydrogen) atoms. The molecule has 0 unspecified atom stereocenters. The van der Waals surface area contributed by atoms with E-state index in [1.807, 2.05) is 72.8 Å².